The summed E-state index contributed by atoms with van der Waals surface area (Å²) in [6, 6.07) is 15.7. The summed E-state index contributed by atoms with van der Waals surface area (Å²) in [5.41, 5.74) is 0.945. The van der Waals surface area contributed by atoms with Crippen LogP contribution in [0.3, 0.4) is 0 Å². The molecule has 0 unspecified atom stereocenters. The fourth-order valence-corrected chi connectivity index (χ4v) is 3.10. The zero-order valence-electron chi connectivity index (χ0n) is 16.3. The number of amides is 1. The van der Waals surface area contributed by atoms with Crippen LogP contribution in [0.15, 0.2) is 59.4 Å². The van der Waals surface area contributed by atoms with Crippen LogP contribution in [-0.4, -0.2) is 32.8 Å². The third-order valence-corrected chi connectivity index (χ3v) is 5.00. The predicted octanol–water partition coefficient (Wildman–Crippen LogP) is 2.68. The van der Waals surface area contributed by atoms with Gasteiger partial charge in [-0.05, 0) is 28.8 Å². The topological polar surface area (TPSA) is 101 Å². The van der Waals surface area contributed by atoms with Crippen LogP contribution < -0.4 is 10.9 Å². The third kappa shape index (κ3) is 4.68. The molecule has 7 heteroatoms. The zero-order chi connectivity index (χ0) is 21.0. The van der Waals surface area contributed by atoms with Crippen molar-refractivity contribution in [3.63, 3.8) is 0 Å². The molecule has 0 bridgehead atoms. The molecule has 7 nitrogen and oxygen atoms in total. The molecule has 29 heavy (non-hydrogen) atoms. The first kappa shape index (κ1) is 20.3. The van der Waals surface area contributed by atoms with Crippen LogP contribution in [0.1, 0.15) is 20.3 Å². The Morgan fingerprint density at radius 1 is 1.10 bits per heavy atom. The SMILES string of the molecule is CC[C@@H](C)[C@H](NC(=O)Cn1nc(-c2ccc3ccccc3c2)ccc1=O)C(=O)O. The number of benzene rings is 2. The molecule has 2 aromatic carbocycles. The molecule has 0 aliphatic rings. The fourth-order valence-electron chi connectivity index (χ4n) is 3.10. The molecule has 1 amide bonds. The van der Waals surface area contributed by atoms with E-state index in [9.17, 15) is 19.5 Å². The second kappa shape index (κ2) is 8.68. The Hall–Kier alpha value is -3.48. The van der Waals surface area contributed by atoms with Crippen LogP contribution in [0.4, 0.5) is 0 Å². The lowest BCUT2D eigenvalue weighted by molar-refractivity contribution is -0.143. The first-order valence-corrected chi connectivity index (χ1v) is 9.48. The number of rotatable bonds is 7. The fraction of sp³-hybridized carbons (Fsp3) is 0.273. The minimum atomic E-state index is -1.10. The van der Waals surface area contributed by atoms with Gasteiger partial charge in [0.2, 0.25) is 5.91 Å². The van der Waals surface area contributed by atoms with E-state index in [2.05, 4.69) is 10.4 Å². The van der Waals surface area contributed by atoms with Crippen LogP contribution in [0.5, 0.6) is 0 Å². The number of hydrogen-bond acceptors (Lipinski definition) is 4. The van der Waals surface area contributed by atoms with Crippen molar-refractivity contribution in [1.29, 1.82) is 0 Å². The van der Waals surface area contributed by atoms with Crippen LogP contribution >= 0.6 is 0 Å². The van der Waals surface area contributed by atoms with Gasteiger partial charge in [0, 0.05) is 11.6 Å². The molecule has 150 valence electrons. The van der Waals surface area contributed by atoms with Crippen LogP contribution in [0.25, 0.3) is 22.0 Å². The normalized spacial score (nSPS) is 13.0. The number of carboxylic acids is 1. The smallest absolute Gasteiger partial charge is 0.326 e. The van der Waals surface area contributed by atoms with Crippen molar-refractivity contribution in [1.82, 2.24) is 15.1 Å². The molecular formula is C22H23N3O4. The Balaban J connectivity index is 1.84. The summed E-state index contributed by atoms with van der Waals surface area (Å²) in [4.78, 5) is 35.9. The summed E-state index contributed by atoms with van der Waals surface area (Å²) >= 11 is 0. The molecule has 0 saturated carbocycles. The summed E-state index contributed by atoms with van der Waals surface area (Å²) in [6.07, 6.45) is 0.604. The van der Waals surface area contributed by atoms with Crippen LogP contribution in [-0.2, 0) is 16.1 Å². The van der Waals surface area contributed by atoms with Crippen molar-refractivity contribution < 1.29 is 14.7 Å². The maximum absolute atomic E-state index is 12.3. The lowest BCUT2D eigenvalue weighted by Crippen LogP contribution is -2.47. The van der Waals surface area contributed by atoms with E-state index in [1.807, 2.05) is 49.4 Å². The molecular weight excluding hydrogens is 370 g/mol. The van der Waals surface area contributed by atoms with E-state index in [0.29, 0.717) is 12.1 Å². The first-order valence-electron chi connectivity index (χ1n) is 9.48. The van der Waals surface area contributed by atoms with Gasteiger partial charge < -0.3 is 10.4 Å². The number of aliphatic carboxylic acids is 1. The maximum atomic E-state index is 12.3. The second-order valence-electron chi connectivity index (χ2n) is 7.05. The van der Waals surface area contributed by atoms with E-state index in [1.54, 1.807) is 13.0 Å². The number of hydrogen-bond donors (Lipinski definition) is 2. The average molecular weight is 393 g/mol. The van der Waals surface area contributed by atoms with Crippen molar-refractivity contribution in [2.45, 2.75) is 32.9 Å². The Kier molecular flexibility index (Phi) is 6.07. The second-order valence-corrected chi connectivity index (χ2v) is 7.05. The van der Waals surface area contributed by atoms with Gasteiger partial charge in [0.1, 0.15) is 12.6 Å². The highest BCUT2D eigenvalue weighted by atomic mass is 16.4. The van der Waals surface area contributed by atoms with Crippen molar-refractivity contribution >= 4 is 22.6 Å². The van der Waals surface area contributed by atoms with E-state index < -0.39 is 23.5 Å². The van der Waals surface area contributed by atoms with Gasteiger partial charge in [-0.1, -0.05) is 56.7 Å². The summed E-state index contributed by atoms with van der Waals surface area (Å²) in [5.74, 6) is -1.90. The number of fused-ring (bicyclic) bond motifs is 1. The van der Waals surface area contributed by atoms with Gasteiger partial charge in [0.05, 0.1) is 5.69 Å². The Morgan fingerprint density at radius 2 is 1.83 bits per heavy atom. The summed E-state index contributed by atoms with van der Waals surface area (Å²) in [7, 11) is 0. The van der Waals surface area contributed by atoms with E-state index in [4.69, 9.17) is 0 Å². The molecule has 3 rings (SSSR count). The Morgan fingerprint density at radius 3 is 2.52 bits per heavy atom. The van der Waals surface area contributed by atoms with Gasteiger partial charge in [-0.2, -0.15) is 5.10 Å². The molecule has 0 saturated heterocycles. The Labute approximate surface area is 168 Å². The van der Waals surface area contributed by atoms with Gasteiger partial charge >= 0.3 is 5.97 Å². The molecule has 0 spiro atoms. The minimum absolute atomic E-state index is 0.231. The first-order chi connectivity index (χ1) is 13.9. The number of aromatic nitrogens is 2. The Bertz CT molecular complexity index is 1110. The molecule has 2 N–H and O–H groups in total. The molecule has 1 heterocycles. The minimum Gasteiger partial charge on any atom is -0.480 e. The van der Waals surface area contributed by atoms with E-state index in [1.165, 1.54) is 6.07 Å². The summed E-state index contributed by atoms with van der Waals surface area (Å²) in [6.45, 7) is 3.26. The molecule has 0 aliphatic carbocycles. The van der Waals surface area contributed by atoms with Crippen molar-refractivity contribution in [2.24, 2.45) is 5.92 Å². The maximum Gasteiger partial charge on any atom is 0.326 e. The van der Waals surface area contributed by atoms with Gasteiger partial charge in [-0.3, -0.25) is 9.59 Å². The van der Waals surface area contributed by atoms with Crippen molar-refractivity contribution in [3.05, 3.63) is 65.0 Å². The monoisotopic (exact) mass is 393 g/mol. The lowest BCUT2D eigenvalue weighted by Gasteiger charge is -2.20. The molecule has 3 aromatic rings. The zero-order valence-corrected chi connectivity index (χ0v) is 16.3. The van der Waals surface area contributed by atoms with Gasteiger partial charge in [0.25, 0.3) is 5.56 Å². The predicted molar refractivity (Wildman–Crippen MR) is 110 cm³/mol. The van der Waals surface area contributed by atoms with Crippen molar-refractivity contribution in [2.75, 3.05) is 0 Å². The number of nitrogens with zero attached hydrogens (tertiary/aromatic N) is 2. The number of carbonyl (C=O) groups excluding carboxylic acids is 1. The lowest BCUT2D eigenvalue weighted by atomic mass is 9.99. The average Bonchev–Trinajstić information content (AvgIpc) is 2.72. The quantitative estimate of drug-likeness (QED) is 0.643. The standard InChI is InChI=1S/C22H23N3O4/c1-3-14(2)21(22(28)29)23-19(26)13-25-20(27)11-10-18(24-25)17-9-8-15-6-4-5-7-16(15)12-17/h4-12,14,21H,3,13H2,1-2H3,(H,23,26)(H,28,29)/t14-,21+/m1/s1. The molecule has 0 fully saturated rings. The van der Waals surface area contributed by atoms with Gasteiger partial charge in [-0.25, -0.2) is 9.48 Å². The van der Waals surface area contributed by atoms with E-state index in [0.717, 1.165) is 21.0 Å². The molecule has 1 aromatic heterocycles. The highest BCUT2D eigenvalue weighted by Gasteiger charge is 2.25. The number of carbonyl (C=O) groups is 2. The van der Waals surface area contributed by atoms with Gasteiger partial charge in [-0.15, -0.1) is 0 Å². The molecule has 0 aliphatic heterocycles. The highest BCUT2D eigenvalue weighted by Crippen LogP contribution is 2.22. The number of nitrogens with one attached hydrogen (secondary N) is 1. The summed E-state index contributed by atoms with van der Waals surface area (Å²) < 4.78 is 1.05. The van der Waals surface area contributed by atoms with Crippen LogP contribution in [0, 0.1) is 5.92 Å². The van der Waals surface area contributed by atoms with Crippen LogP contribution in [0.2, 0.25) is 0 Å². The third-order valence-electron chi connectivity index (χ3n) is 5.00. The van der Waals surface area contributed by atoms with Crippen molar-refractivity contribution in [3.8, 4) is 11.3 Å². The highest BCUT2D eigenvalue weighted by molar-refractivity contribution is 5.87. The van der Waals surface area contributed by atoms with E-state index >= 15 is 0 Å². The van der Waals surface area contributed by atoms with E-state index in [-0.39, 0.29) is 12.5 Å². The summed E-state index contributed by atoms with van der Waals surface area (Å²) in [5, 5.41) is 18.2. The molecule has 2 atom stereocenters. The number of carboxylic acid groups (broad SMARTS) is 1. The molecule has 0 radical (unpaired) electrons. The largest absolute Gasteiger partial charge is 0.480 e. The van der Waals surface area contributed by atoms with Gasteiger partial charge in [0.15, 0.2) is 0 Å².